The highest BCUT2D eigenvalue weighted by molar-refractivity contribution is 6.32. The number of nitrogens with zero attached hydrogens (tertiary/aromatic N) is 3. The molecule has 0 fully saturated rings. The number of pyridine rings is 1. The van der Waals surface area contributed by atoms with Crippen LogP contribution in [0.15, 0.2) is 101 Å². The Kier molecular flexibility index (Phi) is 6.25. The van der Waals surface area contributed by atoms with E-state index >= 15 is 0 Å². The summed E-state index contributed by atoms with van der Waals surface area (Å²) in [6.45, 7) is 0. The monoisotopic (exact) mass is 496 g/mol. The molecular formula is C27H17ClN4O4. The van der Waals surface area contributed by atoms with Crippen LogP contribution in [-0.2, 0) is 0 Å². The van der Waals surface area contributed by atoms with E-state index < -0.39 is 10.8 Å². The van der Waals surface area contributed by atoms with Crippen molar-refractivity contribution in [1.82, 2.24) is 10.4 Å². The molecule has 0 saturated carbocycles. The molecule has 1 N–H and O–H groups in total. The van der Waals surface area contributed by atoms with Crippen LogP contribution in [0.2, 0.25) is 5.02 Å². The van der Waals surface area contributed by atoms with Gasteiger partial charge in [0.05, 0.1) is 27.9 Å². The molecule has 0 radical (unpaired) electrons. The summed E-state index contributed by atoms with van der Waals surface area (Å²) in [5.74, 6) is 0.352. The molecule has 36 heavy (non-hydrogen) atoms. The second kappa shape index (κ2) is 9.81. The highest BCUT2D eigenvalue weighted by Gasteiger charge is 2.16. The number of carbonyl (C=O) groups is 1. The van der Waals surface area contributed by atoms with Gasteiger partial charge in [0, 0.05) is 22.6 Å². The average Bonchev–Trinajstić information content (AvgIpc) is 3.37. The minimum atomic E-state index is -0.557. The highest BCUT2D eigenvalue weighted by atomic mass is 35.5. The van der Waals surface area contributed by atoms with Gasteiger partial charge >= 0.3 is 0 Å². The first-order valence-electron chi connectivity index (χ1n) is 10.8. The number of amides is 1. The third kappa shape index (κ3) is 4.70. The molecule has 8 nitrogen and oxygen atoms in total. The molecule has 0 unspecified atom stereocenters. The quantitative estimate of drug-likeness (QED) is 0.164. The third-order valence-electron chi connectivity index (χ3n) is 5.44. The predicted octanol–water partition coefficient (Wildman–Crippen LogP) is 6.49. The SMILES string of the molecule is O=C(N/N=C\c1ccc(-c2ccc(Cl)c([N+](=O)[O-])c2)o1)c1cc(-c2ccccc2)nc2ccccc12. The smallest absolute Gasteiger partial charge is 0.288 e. The van der Waals surface area contributed by atoms with E-state index in [1.807, 2.05) is 54.6 Å². The summed E-state index contributed by atoms with van der Waals surface area (Å²) in [7, 11) is 0. The molecule has 9 heteroatoms. The fourth-order valence-electron chi connectivity index (χ4n) is 3.72. The summed E-state index contributed by atoms with van der Waals surface area (Å²) in [6, 6.07) is 26.4. The minimum Gasteiger partial charge on any atom is -0.455 e. The van der Waals surface area contributed by atoms with Gasteiger partial charge in [0.15, 0.2) is 0 Å². The van der Waals surface area contributed by atoms with Crippen LogP contribution < -0.4 is 5.43 Å². The van der Waals surface area contributed by atoms with E-state index in [-0.39, 0.29) is 10.7 Å². The molecule has 5 aromatic rings. The number of para-hydroxylation sites is 1. The van der Waals surface area contributed by atoms with Gasteiger partial charge in [0.2, 0.25) is 0 Å². The first-order chi connectivity index (χ1) is 17.5. The number of benzene rings is 3. The van der Waals surface area contributed by atoms with Crippen LogP contribution in [-0.4, -0.2) is 22.0 Å². The van der Waals surface area contributed by atoms with E-state index in [4.69, 9.17) is 16.0 Å². The van der Waals surface area contributed by atoms with Gasteiger partial charge in [-0.2, -0.15) is 5.10 Å². The van der Waals surface area contributed by atoms with Crippen molar-refractivity contribution in [3.8, 4) is 22.6 Å². The number of hydrogen-bond acceptors (Lipinski definition) is 6. The molecule has 0 spiro atoms. The second-order valence-electron chi connectivity index (χ2n) is 7.76. The average molecular weight is 497 g/mol. The van der Waals surface area contributed by atoms with Crippen LogP contribution in [0.5, 0.6) is 0 Å². The number of aromatic nitrogens is 1. The van der Waals surface area contributed by atoms with Gasteiger partial charge < -0.3 is 4.42 Å². The lowest BCUT2D eigenvalue weighted by Gasteiger charge is -2.09. The van der Waals surface area contributed by atoms with Crippen LogP contribution in [0.3, 0.4) is 0 Å². The lowest BCUT2D eigenvalue weighted by Crippen LogP contribution is -2.18. The molecule has 3 aromatic carbocycles. The summed E-state index contributed by atoms with van der Waals surface area (Å²) in [4.78, 5) is 28.3. The standard InChI is InChI=1S/C27H17ClN4O4/c28-22-12-10-18(14-25(22)32(34)35)26-13-11-19(36-26)16-29-31-27(33)21-15-24(17-6-2-1-3-7-17)30-23-9-5-4-8-20(21)23/h1-16H,(H,31,33)/b29-16-. The van der Waals surface area contributed by atoms with Gasteiger partial charge in [-0.05, 0) is 36.4 Å². The second-order valence-corrected chi connectivity index (χ2v) is 8.17. The molecule has 0 aliphatic carbocycles. The normalized spacial score (nSPS) is 11.1. The van der Waals surface area contributed by atoms with E-state index in [9.17, 15) is 14.9 Å². The molecule has 2 aromatic heterocycles. The van der Waals surface area contributed by atoms with Gasteiger partial charge in [-0.1, -0.05) is 60.1 Å². The molecule has 1 amide bonds. The number of furan rings is 1. The molecule has 0 aliphatic rings. The number of rotatable bonds is 6. The van der Waals surface area contributed by atoms with E-state index in [1.165, 1.54) is 18.3 Å². The lowest BCUT2D eigenvalue weighted by molar-refractivity contribution is -0.384. The molecule has 176 valence electrons. The van der Waals surface area contributed by atoms with Crippen molar-refractivity contribution in [1.29, 1.82) is 0 Å². The largest absolute Gasteiger partial charge is 0.455 e. The number of carbonyl (C=O) groups excluding carboxylic acids is 1. The van der Waals surface area contributed by atoms with E-state index in [0.29, 0.717) is 39.2 Å². The third-order valence-corrected chi connectivity index (χ3v) is 5.76. The molecular weight excluding hydrogens is 480 g/mol. The predicted molar refractivity (Wildman–Crippen MR) is 138 cm³/mol. The van der Waals surface area contributed by atoms with Gasteiger partial charge in [0.25, 0.3) is 11.6 Å². The van der Waals surface area contributed by atoms with Crippen molar-refractivity contribution >= 4 is 40.3 Å². The number of hydrazone groups is 1. The number of hydrogen-bond donors (Lipinski definition) is 1. The first kappa shape index (κ1) is 22.9. The molecule has 5 rings (SSSR count). The van der Waals surface area contributed by atoms with E-state index in [1.54, 1.807) is 24.3 Å². The van der Waals surface area contributed by atoms with Crippen LogP contribution in [0.25, 0.3) is 33.5 Å². The Balaban J connectivity index is 1.37. The Labute approximate surface area is 210 Å². The minimum absolute atomic E-state index is 0.0406. The van der Waals surface area contributed by atoms with Gasteiger partial charge in [-0.15, -0.1) is 0 Å². The summed E-state index contributed by atoms with van der Waals surface area (Å²) in [5.41, 5.74) is 5.51. The zero-order chi connectivity index (χ0) is 25.1. The van der Waals surface area contributed by atoms with Crippen molar-refractivity contribution in [2.75, 3.05) is 0 Å². The van der Waals surface area contributed by atoms with Crippen molar-refractivity contribution in [3.63, 3.8) is 0 Å². The van der Waals surface area contributed by atoms with E-state index in [2.05, 4.69) is 15.5 Å². The van der Waals surface area contributed by atoms with Crippen molar-refractivity contribution in [3.05, 3.63) is 117 Å². The summed E-state index contributed by atoms with van der Waals surface area (Å²) in [6.07, 6.45) is 1.35. The van der Waals surface area contributed by atoms with Crippen LogP contribution in [0.1, 0.15) is 16.1 Å². The Bertz CT molecular complexity index is 1630. The van der Waals surface area contributed by atoms with Crippen molar-refractivity contribution in [2.45, 2.75) is 0 Å². The summed E-state index contributed by atoms with van der Waals surface area (Å²) < 4.78 is 5.70. The zero-order valence-corrected chi connectivity index (χ0v) is 19.3. The molecule has 2 heterocycles. The van der Waals surface area contributed by atoms with Crippen LogP contribution in [0.4, 0.5) is 5.69 Å². The number of fused-ring (bicyclic) bond motifs is 1. The van der Waals surface area contributed by atoms with E-state index in [0.717, 1.165) is 5.56 Å². The van der Waals surface area contributed by atoms with Gasteiger partial charge in [0.1, 0.15) is 16.5 Å². The Morgan fingerprint density at radius 1 is 0.972 bits per heavy atom. The topological polar surface area (TPSA) is 111 Å². The molecule has 0 aliphatic heterocycles. The molecule has 0 bridgehead atoms. The summed E-state index contributed by atoms with van der Waals surface area (Å²) >= 11 is 5.88. The van der Waals surface area contributed by atoms with Crippen molar-refractivity contribution < 1.29 is 14.1 Å². The molecule has 0 saturated heterocycles. The zero-order valence-electron chi connectivity index (χ0n) is 18.6. The number of nitrogens with one attached hydrogen (secondary N) is 1. The van der Waals surface area contributed by atoms with Crippen molar-refractivity contribution in [2.24, 2.45) is 5.10 Å². The lowest BCUT2D eigenvalue weighted by atomic mass is 10.0. The number of nitro benzene ring substituents is 1. The maximum Gasteiger partial charge on any atom is 0.288 e. The maximum atomic E-state index is 13.0. The number of halogens is 1. The Morgan fingerprint density at radius 2 is 1.75 bits per heavy atom. The van der Waals surface area contributed by atoms with Crippen LogP contribution in [0, 0.1) is 10.1 Å². The van der Waals surface area contributed by atoms with Crippen LogP contribution >= 0.6 is 11.6 Å². The fraction of sp³-hybridized carbons (Fsp3) is 0. The fourth-order valence-corrected chi connectivity index (χ4v) is 3.90. The Hall–Kier alpha value is -4.82. The highest BCUT2D eigenvalue weighted by Crippen LogP contribution is 2.31. The first-order valence-corrected chi connectivity index (χ1v) is 11.2. The molecule has 0 atom stereocenters. The number of nitro groups is 1. The van der Waals surface area contributed by atoms with Gasteiger partial charge in [-0.3, -0.25) is 14.9 Å². The summed E-state index contributed by atoms with van der Waals surface area (Å²) in [5, 5.41) is 15.9. The maximum absolute atomic E-state index is 13.0. The Morgan fingerprint density at radius 3 is 2.56 bits per heavy atom. The van der Waals surface area contributed by atoms with Gasteiger partial charge in [-0.25, -0.2) is 10.4 Å².